The number of nitrogens with one attached hydrogen (secondary N) is 1. The normalized spacial score (nSPS) is 10.3. The van der Waals surface area contributed by atoms with E-state index in [0.29, 0.717) is 22.6 Å². The molecule has 3 N–H and O–H groups in total. The van der Waals surface area contributed by atoms with E-state index >= 15 is 0 Å². The molecule has 3 rings (SSSR count). The van der Waals surface area contributed by atoms with Crippen LogP contribution in [0.5, 0.6) is 5.75 Å². The Morgan fingerprint density at radius 2 is 2.09 bits per heavy atom. The van der Waals surface area contributed by atoms with E-state index in [1.807, 2.05) is 18.2 Å². The molecular formula is C17H13FN4O. The lowest BCUT2D eigenvalue weighted by atomic mass is 9.98. The fourth-order valence-electron chi connectivity index (χ4n) is 2.41. The van der Waals surface area contributed by atoms with Gasteiger partial charge < -0.3 is 15.5 Å². The number of H-pyrrole nitrogens is 1. The zero-order chi connectivity index (χ0) is 16.4. The van der Waals surface area contributed by atoms with Crippen LogP contribution in [0.1, 0.15) is 5.56 Å². The summed E-state index contributed by atoms with van der Waals surface area (Å²) in [5.74, 6) is 0.105. The van der Waals surface area contributed by atoms with Gasteiger partial charge >= 0.3 is 0 Å². The van der Waals surface area contributed by atoms with E-state index in [1.54, 1.807) is 12.3 Å². The minimum Gasteiger partial charge on any atom is -0.496 e. The molecule has 0 fully saturated rings. The molecule has 114 valence electrons. The SMILES string of the molecule is COc1ccc(F)cc1-c1cc(-c2ccc[nH]2)nc(N)c1C#N. The highest BCUT2D eigenvalue weighted by Crippen LogP contribution is 2.36. The van der Waals surface area contributed by atoms with Gasteiger partial charge in [0, 0.05) is 17.3 Å². The number of halogens is 1. The molecule has 23 heavy (non-hydrogen) atoms. The van der Waals surface area contributed by atoms with Gasteiger partial charge in [-0.25, -0.2) is 9.37 Å². The van der Waals surface area contributed by atoms with E-state index < -0.39 is 5.82 Å². The Labute approximate surface area is 132 Å². The van der Waals surface area contributed by atoms with Crippen LogP contribution in [0.2, 0.25) is 0 Å². The van der Waals surface area contributed by atoms with Crippen LogP contribution < -0.4 is 10.5 Å². The lowest BCUT2D eigenvalue weighted by Crippen LogP contribution is -2.01. The van der Waals surface area contributed by atoms with Gasteiger partial charge in [-0.15, -0.1) is 0 Å². The zero-order valence-corrected chi connectivity index (χ0v) is 12.3. The van der Waals surface area contributed by atoms with E-state index in [9.17, 15) is 9.65 Å². The maximum atomic E-state index is 13.7. The standard InChI is InChI=1S/C17H13FN4O/c1-23-16-5-4-10(18)7-12(16)11-8-15(14-3-2-6-21-14)22-17(20)13(11)9-19/h2-8,21H,1H3,(H2,20,22). The van der Waals surface area contributed by atoms with Crippen molar-refractivity contribution < 1.29 is 9.13 Å². The number of nitriles is 1. The zero-order valence-electron chi connectivity index (χ0n) is 12.3. The molecule has 0 saturated carbocycles. The molecule has 1 aromatic carbocycles. The third-order valence-electron chi connectivity index (χ3n) is 3.48. The van der Waals surface area contributed by atoms with Crippen LogP contribution in [-0.4, -0.2) is 17.1 Å². The molecule has 0 spiro atoms. The van der Waals surface area contributed by atoms with Crippen molar-refractivity contribution in [2.75, 3.05) is 12.8 Å². The van der Waals surface area contributed by atoms with E-state index in [4.69, 9.17) is 10.5 Å². The summed E-state index contributed by atoms with van der Waals surface area (Å²) in [6.07, 6.45) is 1.76. The van der Waals surface area contributed by atoms with E-state index in [-0.39, 0.29) is 11.4 Å². The van der Waals surface area contributed by atoms with Gasteiger partial charge in [0.15, 0.2) is 0 Å². The molecule has 3 aromatic rings. The molecule has 6 heteroatoms. The number of ether oxygens (including phenoxy) is 1. The van der Waals surface area contributed by atoms with Crippen molar-refractivity contribution >= 4 is 5.82 Å². The first-order chi connectivity index (χ1) is 11.1. The number of nitrogens with zero attached hydrogens (tertiary/aromatic N) is 2. The lowest BCUT2D eigenvalue weighted by molar-refractivity contribution is 0.415. The number of pyridine rings is 1. The Bertz CT molecular complexity index is 898. The van der Waals surface area contributed by atoms with Crippen molar-refractivity contribution in [3.63, 3.8) is 0 Å². The molecule has 2 aromatic heterocycles. The van der Waals surface area contributed by atoms with E-state index in [1.165, 1.54) is 25.3 Å². The number of methoxy groups -OCH3 is 1. The number of rotatable bonds is 3. The summed E-state index contributed by atoms with van der Waals surface area (Å²) in [7, 11) is 1.49. The molecule has 2 heterocycles. The maximum Gasteiger partial charge on any atom is 0.142 e. The number of nitrogens with two attached hydrogens (primary N) is 1. The summed E-state index contributed by atoms with van der Waals surface area (Å²) >= 11 is 0. The van der Waals surface area contributed by atoms with Gasteiger partial charge in [0.25, 0.3) is 0 Å². The molecule has 0 amide bonds. The van der Waals surface area contributed by atoms with Crippen molar-refractivity contribution in [1.29, 1.82) is 5.26 Å². The van der Waals surface area contributed by atoms with Crippen LogP contribution in [0.15, 0.2) is 42.6 Å². The van der Waals surface area contributed by atoms with E-state index in [0.717, 1.165) is 5.69 Å². The van der Waals surface area contributed by atoms with E-state index in [2.05, 4.69) is 9.97 Å². The van der Waals surface area contributed by atoms with Crippen LogP contribution >= 0.6 is 0 Å². The van der Waals surface area contributed by atoms with Gasteiger partial charge in [-0.1, -0.05) is 0 Å². The largest absolute Gasteiger partial charge is 0.496 e. The van der Waals surface area contributed by atoms with Gasteiger partial charge in [-0.05, 0) is 36.4 Å². The van der Waals surface area contributed by atoms with Crippen molar-refractivity contribution in [3.8, 4) is 34.3 Å². The fraction of sp³-hybridized carbons (Fsp3) is 0.0588. The molecule has 0 radical (unpaired) electrons. The molecule has 0 saturated heterocycles. The first-order valence-corrected chi connectivity index (χ1v) is 6.82. The number of aromatic nitrogens is 2. The van der Waals surface area contributed by atoms with Crippen molar-refractivity contribution in [3.05, 3.63) is 54.0 Å². The smallest absolute Gasteiger partial charge is 0.142 e. The summed E-state index contributed by atoms with van der Waals surface area (Å²) in [5, 5.41) is 9.40. The first-order valence-electron chi connectivity index (χ1n) is 6.82. The lowest BCUT2D eigenvalue weighted by Gasteiger charge is -2.13. The Kier molecular flexibility index (Phi) is 3.69. The number of anilines is 1. The quantitative estimate of drug-likeness (QED) is 0.776. The van der Waals surface area contributed by atoms with Crippen LogP contribution in [0, 0.1) is 17.1 Å². The summed E-state index contributed by atoms with van der Waals surface area (Å²) < 4.78 is 19.0. The highest BCUT2D eigenvalue weighted by atomic mass is 19.1. The Balaban J connectivity index is 2.30. The minimum absolute atomic E-state index is 0.0842. The number of aromatic amines is 1. The highest BCUT2D eigenvalue weighted by Gasteiger charge is 2.17. The predicted molar refractivity (Wildman–Crippen MR) is 85.1 cm³/mol. The topological polar surface area (TPSA) is 87.7 Å². The van der Waals surface area contributed by atoms with Gasteiger partial charge in [-0.2, -0.15) is 5.26 Å². The second-order valence-electron chi connectivity index (χ2n) is 4.86. The predicted octanol–water partition coefficient (Wildman–Crippen LogP) is 3.35. The van der Waals surface area contributed by atoms with Gasteiger partial charge in [0.1, 0.15) is 29.0 Å². The van der Waals surface area contributed by atoms with Gasteiger partial charge in [0.2, 0.25) is 0 Å². The van der Waals surface area contributed by atoms with Gasteiger partial charge in [0.05, 0.1) is 18.5 Å². The van der Waals surface area contributed by atoms with Crippen LogP contribution in [0.25, 0.3) is 22.5 Å². The molecule has 0 bridgehead atoms. The summed E-state index contributed by atoms with van der Waals surface area (Å²) in [4.78, 5) is 7.27. The molecule has 0 aliphatic heterocycles. The molecule has 0 atom stereocenters. The minimum atomic E-state index is -0.429. The van der Waals surface area contributed by atoms with Crippen molar-refractivity contribution in [2.45, 2.75) is 0 Å². The highest BCUT2D eigenvalue weighted by molar-refractivity contribution is 5.82. The summed E-state index contributed by atoms with van der Waals surface area (Å²) in [5.41, 5.74) is 8.34. The van der Waals surface area contributed by atoms with Crippen LogP contribution in [0.4, 0.5) is 10.2 Å². The number of nitrogen functional groups attached to an aromatic ring is 1. The number of hydrogen-bond donors (Lipinski definition) is 2. The molecule has 0 aliphatic rings. The van der Waals surface area contributed by atoms with Crippen molar-refractivity contribution in [1.82, 2.24) is 9.97 Å². The Morgan fingerprint density at radius 1 is 1.26 bits per heavy atom. The first kappa shape index (κ1) is 14.6. The van der Waals surface area contributed by atoms with Crippen molar-refractivity contribution in [2.24, 2.45) is 0 Å². The number of benzene rings is 1. The third kappa shape index (κ3) is 2.60. The second kappa shape index (κ2) is 5.81. The average Bonchev–Trinajstić information content (AvgIpc) is 3.08. The molecular weight excluding hydrogens is 295 g/mol. The molecule has 0 unspecified atom stereocenters. The monoisotopic (exact) mass is 308 g/mol. The summed E-state index contributed by atoms with van der Waals surface area (Å²) in [6.45, 7) is 0. The number of hydrogen-bond acceptors (Lipinski definition) is 4. The second-order valence-corrected chi connectivity index (χ2v) is 4.86. The van der Waals surface area contributed by atoms with Crippen LogP contribution in [0.3, 0.4) is 0 Å². The van der Waals surface area contributed by atoms with Crippen LogP contribution in [-0.2, 0) is 0 Å². The summed E-state index contributed by atoms with van der Waals surface area (Å²) in [6, 6.07) is 11.5. The average molecular weight is 308 g/mol. The Hall–Kier alpha value is -3.33. The maximum absolute atomic E-state index is 13.7. The third-order valence-corrected chi connectivity index (χ3v) is 3.48. The molecule has 5 nitrogen and oxygen atoms in total. The Morgan fingerprint density at radius 3 is 2.74 bits per heavy atom. The molecule has 0 aliphatic carbocycles. The fourth-order valence-corrected chi connectivity index (χ4v) is 2.41. The van der Waals surface area contributed by atoms with Gasteiger partial charge in [-0.3, -0.25) is 0 Å².